The number of thiazole rings is 1. The molecule has 2 aromatic rings. The van der Waals surface area contributed by atoms with E-state index in [1.165, 1.54) is 12.1 Å². The molecule has 1 heterocycles. The van der Waals surface area contributed by atoms with Crippen molar-refractivity contribution in [1.82, 2.24) is 4.98 Å². The molecule has 0 saturated heterocycles. The minimum Gasteiger partial charge on any atom is -0.368 e. The normalized spacial score (nSPS) is 10.1. The number of nitrogens with zero attached hydrogens (tertiary/aromatic N) is 4. The summed E-state index contributed by atoms with van der Waals surface area (Å²) in [6.07, 6.45) is 0. The maximum Gasteiger partial charge on any atom is 0.270 e. The first kappa shape index (κ1) is 14.0. The molecule has 1 aromatic heterocycles. The molecule has 0 aliphatic heterocycles. The van der Waals surface area contributed by atoms with Crippen LogP contribution in [0.25, 0.3) is 0 Å². The Morgan fingerprint density at radius 1 is 1.55 bits per heavy atom. The highest BCUT2D eigenvalue weighted by Gasteiger charge is 2.14. The Morgan fingerprint density at radius 2 is 2.30 bits per heavy atom. The van der Waals surface area contributed by atoms with Gasteiger partial charge >= 0.3 is 0 Å². The van der Waals surface area contributed by atoms with E-state index in [1.807, 2.05) is 30.3 Å². The van der Waals surface area contributed by atoms with Crippen molar-refractivity contribution in [2.24, 2.45) is 0 Å². The molecule has 0 amide bonds. The minimum atomic E-state index is -0.506. The van der Waals surface area contributed by atoms with E-state index >= 15 is 0 Å². The van der Waals surface area contributed by atoms with Crippen LogP contribution in [-0.2, 0) is 6.54 Å². The molecular weight excluding hydrogens is 276 g/mol. The van der Waals surface area contributed by atoms with E-state index in [4.69, 9.17) is 5.26 Å². The Kier molecular flexibility index (Phi) is 3.96. The molecule has 0 fully saturated rings. The summed E-state index contributed by atoms with van der Waals surface area (Å²) < 4.78 is 0. The highest BCUT2D eigenvalue weighted by Crippen LogP contribution is 2.25. The highest BCUT2D eigenvalue weighted by atomic mass is 32.1. The van der Waals surface area contributed by atoms with Gasteiger partial charge in [0.1, 0.15) is 6.07 Å². The number of hydrogen-bond acceptors (Lipinski definition) is 6. The molecule has 0 saturated carbocycles. The third-order valence-corrected chi connectivity index (χ3v) is 3.61. The smallest absolute Gasteiger partial charge is 0.270 e. The predicted molar refractivity (Wildman–Crippen MR) is 76.8 cm³/mol. The van der Waals surface area contributed by atoms with Crippen molar-refractivity contribution in [2.45, 2.75) is 13.5 Å². The Bertz CT molecular complexity index is 690. The van der Waals surface area contributed by atoms with E-state index < -0.39 is 4.92 Å². The molecule has 0 aliphatic rings. The van der Waals surface area contributed by atoms with Gasteiger partial charge in [-0.1, -0.05) is 0 Å². The summed E-state index contributed by atoms with van der Waals surface area (Å²) in [5.41, 5.74) is 1.78. The summed E-state index contributed by atoms with van der Waals surface area (Å²) in [4.78, 5) is 16.4. The number of nitro groups is 1. The molecular formula is C13H12N4O2S. The van der Waals surface area contributed by atoms with E-state index in [1.54, 1.807) is 17.4 Å². The molecule has 20 heavy (non-hydrogen) atoms. The summed E-state index contributed by atoms with van der Waals surface area (Å²) in [6.45, 7) is 2.48. The summed E-state index contributed by atoms with van der Waals surface area (Å²) in [7, 11) is 1.83. The second-order valence-electron chi connectivity index (χ2n) is 4.28. The van der Waals surface area contributed by atoms with Gasteiger partial charge in [-0.25, -0.2) is 4.98 Å². The van der Waals surface area contributed by atoms with Crippen LogP contribution in [0.2, 0.25) is 0 Å². The molecule has 2 rings (SSSR count). The van der Waals surface area contributed by atoms with E-state index in [2.05, 4.69) is 4.98 Å². The second-order valence-corrected chi connectivity index (χ2v) is 5.35. The molecule has 0 aliphatic carbocycles. The van der Waals surface area contributed by atoms with Gasteiger partial charge in [0.25, 0.3) is 5.69 Å². The molecule has 1 aromatic carbocycles. The largest absolute Gasteiger partial charge is 0.368 e. The number of benzene rings is 1. The molecule has 0 radical (unpaired) electrons. The van der Waals surface area contributed by atoms with Crippen LogP contribution in [0.3, 0.4) is 0 Å². The topological polar surface area (TPSA) is 83.1 Å². The molecule has 0 spiro atoms. The lowest BCUT2D eigenvalue weighted by Crippen LogP contribution is -2.17. The molecule has 7 heteroatoms. The van der Waals surface area contributed by atoms with Crippen molar-refractivity contribution in [3.8, 4) is 6.07 Å². The van der Waals surface area contributed by atoms with Crippen LogP contribution in [0.15, 0.2) is 23.6 Å². The number of nitriles is 1. The van der Waals surface area contributed by atoms with Crippen LogP contribution < -0.4 is 4.90 Å². The zero-order chi connectivity index (χ0) is 14.7. The average molecular weight is 288 g/mol. The van der Waals surface area contributed by atoms with Crippen molar-refractivity contribution in [3.05, 3.63) is 50.0 Å². The number of hydrogen-bond donors (Lipinski definition) is 0. The number of aromatic nitrogens is 1. The third kappa shape index (κ3) is 2.92. The van der Waals surface area contributed by atoms with Crippen LogP contribution >= 0.6 is 11.3 Å². The lowest BCUT2D eigenvalue weighted by atomic mass is 10.1. The van der Waals surface area contributed by atoms with E-state index in [-0.39, 0.29) is 11.3 Å². The van der Waals surface area contributed by atoms with Crippen molar-refractivity contribution < 1.29 is 4.92 Å². The quantitative estimate of drug-likeness (QED) is 0.638. The van der Waals surface area contributed by atoms with Crippen LogP contribution in [0.4, 0.5) is 11.4 Å². The van der Waals surface area contributed by atoms with Crippen LogP contribution in [0.5, 0.6) is 0 Å². The lowest BCUT2D eigenvalue weighted by Gasteiger charge is -2.19. The number of non-ortho nitro benzene ring substituents is 1. The van der Waals surface area contributed by atoms with Crippen molar-refractivity contribution in [1.29, 1.82) is 5.26 Å². The SMILES string of the molecule is Cc1nc(CN(C)c2ccc([N+](=O)[O-])cc2C#N)cs1. The van der Waals surface area contributed by atoms with Gasteiger partial charge in [-0.2, -0.15) is 5.26 Å². The Labute approximate surface area is 120 Å². The molecule has 6 nitrogen and oxygen atoms in total. The fourth-order valence-corrected chi connectivity index (χ4v) is 2.47. The maximum absolute atomic E-state index is 10.7. The zero-order valence-electron chi connectivity index (χ0n) is 11.0. The number of anilines is 1. The Balaban J connectivity index is 2.27. The molecule has 0 N–H and O–H groups in total. The van der Waals surface area contributed by atoms with Crippen molar-refractivity contribution in [2.75, 3.05) is 11.9 Å². The van der Waals surface area contributed by atoms with Crippen molar-refractivity contribution in [3.63, 3.8) is 0 Å². The van der Waals surface area contributed by atoms with E-state index in [0.29, 0.717) is 12.2 Å². The minimum absolute atomic E-state index is 0.0804. The monoisotopic (exact) mass is 288 g/mol. The first-order valence-electron chi connectivity index (χ1n) is 5.82. The number of nitro benzene ring substituents is 1. The third-order valence-electron chi connectivity index (χ3n) is 2.79. The first-order valence-corrected chi connectivity index (χ1v) is 6.70. The summed E-state index contributed by atoms with van der Waals surface area (Å²) in [5, 5.41) is 22.8. The van der Waals surface area contributed by atoms with Gasteiger partial charge in [-0.05, 0) is 13.0 Å². The van der Waals surface area contributed by atoms with Crippen LogP contribution in [0, 0.1) is 28.4 Å². The lowest BCUT2D eigenvalue weighted by molar-refractivity contribution is -0.384. The molecule has 102 valence electrons. The van der Waals surface area contributed by atoms with Gasteiger partial charge in [-0.15, -0.1) is 11.3 Å². The first-order chi connectivity index (χ1) is 9.51. The fourth-order valence-electron chi connectivity index (χ4n) is 1.87. The molecule has 0 atom stereocenters. The average Bonchev–Trinajstić information content (AvgIpc) is 2.83. The zero-order valence-corrected chi connectivity index (χ0v) is 11.8. The maximum atomic E-state index is 10.7. The van der Waals surface area contributed by atoms with Gasteiger partial charge in [0.2, 0.25) is 0 Å². The number of rotatable bonds is 4. The predicted octanol–water partition coefficient (Wildman–Crippen LogP) is 2.87. The summed E-state index contributed by atoms with van der Waals surface area (Å²) in [5.74, 6) is 0. The Morgan fingerprint density at radius 3 is 2.85 bits per heavy atom. The van der Waals surface area contributed by atoms with Crippen LogP contribution in [0.1, 0.15) is 16.3 Å². The van der Waals surface area contributed by atoms with Gasteiger partial charge in [0.05, 0.1) is 33.4 Å². The summed E-state index contributed by atoms with van der Waals surface area (Å²) in [6, 6.07) is 6.28. The standard InChI is InChI=1S/C13H12N4O2S/c1-9-15-11(8-20-9)7-16(2)13-4-3-12(17(18)19)5-10(13)6-14/h3-5,8H,7H2,1-2H3. The van der Waals surface area contributed by atoms with E-state index in [9.17, 15) is 10.1 Å². The fraction of sp³-hybridized carbons (Fsp3) is 0.231. The Hall–Kier alpha value is -2.46. The van der Waals surface area contributed by atoms with Gasteiger partial charge in [-0.3, -0.25) is 10.1 Å². The number of aryl methyl sites for hydroxylation is 1. The molecule has 0 unspecified atom stereocenters. The van der Waals surface area contributed by atoms with Gasteiger partial charge in [0.15, 0.2) is 0 Å². The van der Waals surface area contributed by atoms with E-state index in [0.717, 1.165) is 10.7 Å². The second kappa shape index (κ2) is 5.67. The van der Waals surface area contributed by atoms with Gasteiger partial charge < -0.3 is 4.90 Å². The van der Waals surface area contributed by atoms with Crippen LogP contribution in [-0.4, -0.2) is 17.0 Å². The summed E-state index contributed by atoms with van der Waals surface area (Å²) >= 11 is 1.57. The van der Waals surface area contributed by atoms with Crippen molar-refractivity contribution >= 4 is 22.7 Å². The molecule has 0 bridgehead atoms. The van der Waals surface area contributed by atoms with Gasteiger partial charge in [0, 0.05) is 24.6 Å². The highest BCUT2D eigenvalue weighted by molar-refractivity contribution is 7.09.